The Balaban J connectivity index is 1.54. The minimum Gasteiger partial charge on any atom is -0.484 e. The molecule has 0 saturated carbocycles. The van der Waals surface area contributed by atoms with Crippen molar-refractivity contribution in [2.24, 2.45) is 5.92 Å². The second-order valence-corrected chi connectivity index (χ2v) is 5.69. The topological polar surface area (TPSA) is 87.6 Å². The minimum absolute atomic E-state index is 0.00602. The maximum Gasteiger partial charge on any atom is 0.258 e. The predicted octanol–water partition coefficient (Wildman–Crippen LogP) is 0.469. The Kier molecular flexibility index (Phi) is 5.22. The molecule has 1 amide bonds. The number of benzene rings is 1. The first-order chi connectivity index (χ1) is 11.8. The molecule has 0 radical (unpaired) electrons. The van der Waals surface area contributed by atoms with E-state index >= 15 is 0 Å². The second-order valence-electron chi connectivity index (χ2n) is 5.69. The average Bonchev–Trinajstić information content (AvgIpc) is 3.04. The van der Waals surface area contributed by atoms with Crippen molar-refractivity contribution in [1.82, 2.24) is 15.3 Å². The molecule has 7 heteroatoms. The number of aliphatic hydroxyl groups excluding tert-OH is 1. The van der Waals surface area contributed by atoms with Gasteiger partial charge in [-0.25, -0.2) is 9.97 Å². The fourth-order valence-corrected chi connectivity index (χ4v) is 2.79. The first kappa shape index (κ1) is 16.2. The maximum atomic E-state index is 12.1. The number of carbonyl (C=O) groups excluding carboxylic acids is 1. The summed E-state index contributed by atoms with van der Waals surface area (Å²) >= 11 is 0. The summed E-state index contributed by atoms with van der Waals surface area (Å²) in [6, 6.07) is 10.9. The third kappa shape index (κ3) is 3.99. The predicted molar refractivity (Wildman–Crippen MR) is 88.7 cm³/mol. The Morgan fingerprint density at radius 3 is 2.83 bits per heavy atom. The normalized spacial score (nSPS) is 20.0. The Bertz CT molecular complexity index is 653. The molecule has 1 aromatic heterocycles. The number of anilines is 1. The Labute approximate surface area is 140 Å². The van der Waals surface area contributed by atoms with Gasteiger partial charge in [-0.1, -0.05) is 18.2 Å². The quantitative estimate of drug-likeness (QED) is 0.801. The largest absolute Gasteiger partial charge is 0.484 e. The van der Waals surface area contributed by atoms with E-state index in [-0.39, 0.29) is 31.1 Å². The summed E-state index contributed by atoms with van der Waals surface area (Å²) in [6.45, 7) is 1.19. The number of nitrogens with one attached hydrogen (secondary N) is 1. The highest BCUT2D eigenvalue weighted by molar-refractivity contribution is 5.78. The fraction of sp³-hybridized carbons (Fsp3) is 0.353. The molecular weight excluding hydrogens is 308 g/mol. The van der Waals surface area contributed by atoms with Gasteiger partial charge in [0.1, 0.15) is 17.9 Å². The number of ether oxygens (including phenoxy) is 1. The first-order valence-electron chi connectivity index (χ1n) is 7.85. The molecule has 0 bridgehead atoms. The molecule has 1 aliphatic heterocycles. The van der Waals surface area contributed by atoms with E-state index in [1.54, 1.807) is 18.3 Å². The van der Waals surface area contributed by atoms with Crippen LogP contribution in [0.4, 0.5) is 5.82 Å². The lowest BCUT2D eigenvalue weighted by Crippen LogP contribution is -2.43. The summed E-state index contributed by atoms with van der Waals surface area (Å²) in [5, 5.41) is 12.5. The van der Waals surface area contributed by atoms with Crippen molar-refractivity contribution in [3.63, 3.8) is 0 Å². The van der Waals surface area contributed by atoms with Gasteiger partial charge in [-0.2, -0.15) is 0 Å². The van der Waals surface area contributed by atoms with E-state index in [0.29, 0.717) is 18.8 Å². The van der Waals surface area contributed by atoms with Crippen molar-refractivity contribution in [3.05, 3.63) is 48.9 Å². The number of hydrogen-bond acceptors (Lipinski definition) is 6. The van der Waals surface area contributed by atoms with Gasteiger partial charge in [0.15, 0.2) is 6.61 Å². The number of nitrogens with zero attached hydrogens (tertiary/aromatic N) is 3. The molecule has 24 heavy (non-hydrogen) atoms. The monoisotopic (exact) mass is 328 g/mol. The molecule has 1 aliphatic rings. The third-order valence-electron chi connectivity index (χ3n) is 4.03. The molecule has 3 rings (SSSR count). The van der Waals surface area contributed by atoms with E-state index in [1.807, 2.05) is 29.2 Å². The van der Waals surface area contributed by atoms with Crippen LogP contribution in [0.15, 0.2) is 48.9 Å². The Morgan fingerprint density at radius 1 is 1.29 bits per heavy atom. The van der Waals surface area contributed by atoms with Gasteiger partial charge in [0.05, 0.1) is 6.04 Å². The van der Waals surface area contributed by atoms with Crippen molar-refractivity contribution < 1.29 is 14.6 Å². The molecule has 1 aromatic carbocycles. The van der Waals surface area contributed by atoms with Gasteiger partial charge < -0.3 is 20.1 Å². The van der Waals surface area contributed by atoms with Crippen molar-refractivity contribution >= 4 is 11.7 Å². The summed E-state index contributed by atoms with van der Waals surface area (Å²) in [4.78, 5) is 22.3. The number of para-hydroxylation sites is 1. The molecule has 2 heterocycles. The number of rotatable bonds is 6. The first-order valence-corrected chi connectivity index (χ1v) is 7.85. The summed E-state index contributed by atoms with van der Waals surface area (Å²) in [5.41, 5.74) is 0. The summed E-state index contributed by atoms with van der Waals surface area (Å²) in [6.07, 6.45) is 3.17. The number of carbonyl (C=O) groups is 1. The van der Waals surface area contributed by atoms with E-state index in [0.717, 1.165) is 5.82 Å². The highest BCUT2D eigenvalue weighted by Gasteiger charge is 2.34. The van der Waals surface area contributed by atoms with E-state index in [4.69, 9.17) is 4.74 Å². The zero-order valence-corrected chi connectivity index (χ0v) is 13.2. The summed E-state index contributed by atoms with van der Waals surface area (Å²) in [7, 11) is 0. The maximum absolute atomic E-state index is 12.1. The number of amides is 1. The van der Waals surface area contributed by atoms with Gasteiger partial charge in [-0.15, -0.1) is 0 Å². The van der Waals surface area contributed by atoms with Crippen LogP contribution in [0.1, 0.15) is 0 Å². The highest BCUT2D eigenvalue weighted by Crippen LogP contribution is 2.21. The molecule has 7 nitrogen and oxygen atoms in total. The molecule has 2 N–H and O–H groups in total. The summed E-state index contributed by atoms with van der Waals surface area (Å²) in [5.74, 6) is 1.20. The highest BCUT2D eigenvalue weighted by atomic mass is 16.5. The van der Waals surface area contributed by atoms with Crippen LogP contribution >= 0.6 is 0 Å². The van der Waals surface area contributed by atoms with E-state index in [1.165, 1.54) is 6.33 Å². The van der Waals surface area contributed by atoms with Crippen molar-refractivity contribution in [3.8, 4) is 5.75 Å². The summed E-state index contributed by atoms with van der Waals surface area (Å²) < 4.78 is 5.45. The molecule has 1 fully saturated rings. The Morgan fingerprint density at radius 2 is 2.12 bits per heavy atom. The molecule has 0 aliphatic carbocycles. The van der Waals surface area contributed by atoms with Gasteiger partial charge >= 0.3 is 0 Å². The Hall–Kier alpha value is -2.67. The molecule has 0 unspecified atom stereocenters. The SMILES string of the molecule is O=C(COc1ccccc1)N[C@@H]1CN(c2ccncn2)C[C@H]1CO. The number of aromatic nitrogens is 2. The minimum atomic E-state index is -0.202. The van der Waals surface area contributed by atoms with E-state index in [2.05, 4.69) is 15.3 Å². The van der Waals surface area contributed by atoms with Gasteiger partial charge in [0.25, 0.3) is 5.91 Å². The second kappa shape index (κ2) is 7.74. The van der Waals surface area contributed by atoms with Gasteiger partial charge in [0.2, 0.25) is 0 Å². The average molecular weight is 328 g/mol. The van der Waals surface area contributed by atoms with Gasteiger partial charge in [-0.05, 0) is 18.2 Å². The van der Waals surface area contributed by atoms with Crippen LogP contribution in [0.25, 0.3) is 0 Å². The smallest absolute Gasteiger partial charge is 0.258 e. The van der Waals surface area contributed by atoms with Crippen molar-refractivity contribution in [2.75, 3.05) is 31.2 Å². The lowest BCUT2D eigenvalue weighted by Gasteiger charge is -2.18. The van der Waals surface area contributed by atoms with Crippen LogP contribution in [-0.2, 0) is 4.79 Å². The van der Waals surface area contributed by atoms with Crippen molar-refractivity contribution in [1.29, 1.82) is 0 Å². The van der Waals surface area contributed by atoms with Crippen LogP contribution in [0, 0.1) is 5.92 Å². The van der Waals surface area contributed by atoms with E-state index in [9.17, 15) is 9.90 Å². The molecule has 126 valence electrons. The van der Waals surface area contributed by atoms with Crippen LogP contribution in [-0.4, -0.2) is 53.3 Å². The molecule has 1 saturated heterocycles. The molecule has 0 spiro atoms. The standard InChI is InChI=1S/C17H20N4O3/c22-10-13-8-21(16-6-7-18-12-19-16)9-15(13)20-17(23)11-24-14-4-2-1-3-5-14/h1-7,12-13,15,22H,8-11H2,(H,20,23)/t13-,15+/m0/s1. The molecule has 2 atom stereocenters. The van der Waals surface area contributed by atoms with Gasteiger partial charge in [-0.3, -0.25) is 4.79 Å². The van der Waals surface area contributed by atoms with Gasteiger partial charge in [0, 0.05) is 31.8 Å². The lowest BCUT2D eigenvalue weighted by atomic mass is 10.1. The van der Waals surface area contributed by atoms with Crippen LogP contribution in [0.5, 0.6) is 5.75 Å². The molecule has 2 aromatic rings. The van der Waals surface area contributed by atoms with Crippen LogP contribution in [0.2, 0.25) is 0 Å². The van der Waals surface area contributed by atoms with E-state index < -0.39 is 0 Å². The third-order valence-corrected chi connectivity index (χ3v) is 4.03. The van der Waals surface area contributed by atoms with Crippen LogP contribution < -0.4 is 15.0 Å². The van der Waals surface area contributed by atoms with Crippen LogP contribution in [0.3, 0.4) is 0 Å². The van der Waals surface area contributed by atoms with Crippen molar-refractivity contribution in [2.45, 2.75) is 6.04 Å². The fourth-order valence-electron chi connectivity index (χ4n) is 2.79. The lowest BCUT2D eigenvalue weighted by molar-refractivity contribution is -0.124. The number of hydrogen-bond donors (Lipinski definition) is 2. The molecular formula is C17H20N4O3. The number of aliphatic hydroxyl groups is 1. The zero-order chi connectivity index (χ0) is 16.8. The zero-order valence-electron chi connectivity index (χ0n) is 13.2.